The molecule has 0 saturated heterocycles. The lowest BCUT2D eigenvalue weighted by molar-refractivity contribution is -0.385. The number of amides is 1. The van der Waals surface area contributed by atoms with Gasteiger partial charge in [0.1, 0.15) is 11.3 Å². The van der Waals surface area contributed by atoms with Gasteiger partial charge in [0, 0.05) is 24.9 Å². The molecule has 0 radical (unpaired) electrons. The molecule has 0 spiro atoms. The highest BCUT2D eigenvalue weighted by Crippen LogP contribution is 2.21. The van der Waals surface area contributed by atoms with Crippen molar-refractivity contribution in [3.63, 3.8) is 0 Å². The maximum Gasteiger partial charge on any atom is 0.288 e. The molecule has 1 heterocycles. The molecule has 0 bridgehead atoms. The van der Waals surface area contributed by atoms with Gasteiger partial charge in [-0.1, -0.05) is 11.6 Å². The van der Waals surface area contributed by atoms with Crippen LogP contribution in [0, 0.1) is 10.1 Å². The topological polar surface area (TPSA) is 76.3 Å². The Bertz CT molecular complexity index is 498. The zero-order valence-electron chi connectivity index (χ0n) is 10.8. The summed E-state index contributed by atoms with van der Waals surface area (Å²) >= 11 is 7.45. The van der Waals surface area contributed by atoms with Gasteiger partial charge in [0.25, 0.3) is 11.6 Å². The second-order valence-electron chi connectivity index (χ2n) is 4.01. The maximum absolute atomic E-state index is 12.2. The van der Waals surface area contributed by atoms with Crippen LogP contribution in [0.5, 0.6) is 0 Å². The van der Waals surface area contributed by atoms with Gasteiger partial charge < -0.3 is 4.90 Å². The minimum absolute atomic E-state index is 0.00201. The largest absolute Gasteiger partial charge is 0.338 e. The molecule has 0 fully saturated rings. The predicted molar refractivity (Wildman–Crippen MR) is 75.8 cm³/mol. The van der Waals surface area contributed by atoms with Crippen molar-refractivity contribution in [2.45, 2.75) is 13.0 Å². The Hall–Kier alpha value is -1.34. The van der Waals surface area contributed by atoms with Gasteiger partial charge in [0.05, 0.1) is 10.5 Å². The van der Waals surface area contributed by atoms with E-state index in [9.17, 15) is 14.9 Å². The van der Waals surface area contributed by atoms with E-state index in [-0.39, 0.29) is 28.4 Å². The fourth-order valence-corrected chi connectivity index (χ4v) is 2.32. The first-order valence-electron chi connectivity index (χ1n) is 5.44. The Morgan fingerprint density at radius 2 is 2.32 bits per heavy atom. The number of nitro groups is 1. The summed E-state index contributed by atoms with van der Waals surface area (Å²) in [5.74, 6) is 0.394. The van der Waals surface area contributed by atoms with Gasteiger partial charge in [-0.05, 0) is 13.2 Å². The van der Waals surface area contributed by atoms with Crippen LogP contribution in [0.1, 0.15) is 17.3 Å². The second-order valence-corrected chi connectivity index (χ2v) is 5.28. The fourth-order valence-electron chi connectivity index (χ4n) is 1.43. The van der Waals surface area contributed by atoms with Crippen LogP contribution in [0.25, 0.3) is 0 Å². The van der Waals surface area contributed by atoms with E-state index in [1.54, 1.807) is 18.8 Å². The minimum Gasteiger partial charge on any atom is -0.338 e. The Morgan fingerprint density at radius 1 is 1.68 bits per heavy atom. The molecular weight excluding hydrogens is 290 g/mol. The molecule has 0 aliphatic heterocycles. The van der Waals surface area contributed by atoms with Crippen LogP contribution in [0.4, 0.5) is 5.69 Å². The highest BCUT2D eigenvalue weighted by atomic mass is 35.5. The third-order valence-corrected chi connectivity index (χ3v) is 3.77. The normalized spacial score (nSPS) is 12.0. The van der Waals surface area contributed by atoms with Crippen molar-refractivity contribution < 1.29 is 9.72 Å². The van der Waals surface area contributed by atoms with Crippen LogP contribution in [0.15, 0.2) is 12.3 Å². The number of thioether (sulfide) groups is 1. The summed E-state index contributed by atoms with van der Waals surface area (Å²) in [5.41, 5.74) is -0.204. The number of carbonyl (C=O) groups is 1. The second kappa shape index (κ2) is 6.72. The van der Waals surface area contributed by atoms with Crippen LogP contribution >= 0.6 is 23.4 Å². The molecule has 0 N–H and O–H groups in total. The lowest BCUT2D eigenvalue weighted by atomic mass is 10.2. The van der Waals surface area contributed by atoms with Gasteiger partial charge in [-0.2, -0.15) is 11.8 Å². The molecule has 6 nitrogen and oxygen atoms in total. The lowest BCUT2D eigenvalue weighted by Gasteiger charge is -2.24. The van der Waals surface area contributed by atoms with Crippen LogP contribution in [0.3, 0.4) is 0 Å². The number of pyridine rings is 1. The van der Waals surface area contributed by atoms with Gasteiger partial charge in [0.2, 0.25) is 0 Å². The summed E-state index contributed by atoms with van der Waals surface area (Å²) < 4.78 is 0. The molecule has 0 aliphatic rings. The van der Waals surface area contributed by atoms with Gasteiger partial charge in [-0.3, -0.25) is 14.9 Å². The predicted octanol–water partition coefficient (Wildman–Crippen LogP) is 2.47. The molecule has 8 heteroatoms. The van der Waals surface area contributed by atoms with Gasteiger partial charge >= 0.3 is 0 Å². The first-order valence-corrected chi connectivity index (χ1v) is 7.21. The third kappa shape index (κ3) is 3.81. The van der Waals surface area contributed by atoms with E-state index in [4.69, 9.17) is 11.6 Å². The number of carbonyl (C=O) groups excluding carboxylic acids is 1. The van der Waals surface area contributed by atoms with Crippen molar-refractivity contribution in [2.75, 3.05) is 19.1 Å². The standard InChI is InChI=1S/C11H14ClN3O3S/c1-7(6-19-3)14(2)11(16)9-4-8(15(17)18)5-13-10(9)12/h4-5,7H,6H2,1-3H3. The zero-order chi connectivity index (χ0) is 14.6. The first kappa shape index (κ1) is 15.7. The van der Waals surface area contributed by atoms with E-state index in [1.807, 2.05) is 13.2 Å². The molecule has 0 saturated carbocycles. The highest BCUT2D eigenvalue weighted by molar-refractivity contribution is 7.98. The number of hydrogen-bond donors (Lipinski definition) is 0. The van der Waals surface area contributed by atoms with E-state index in [0.29, 0.717) is 0 Å². The van der Waals surface area contributed by atoms with Gasteiger partial charge in [-0.25, -0.2) is 4.98 Å². The average molecular weight is 304 g/mol. The van der Waals surface area contributed by atoms with Crippen molar-refractivity contribution >= 4 is 35.0 Å². The minimum atomic E-state index is -0.606. The van der Waals surface area contributed by atoms with Gasteiger partial charge in [0.15, 0.2) is 0 Å². The first-order chi connectivity index (χ1) is 8.88. The number of halogens is 1. The molecule has 1 unspecified atom stereocenters. The maximum atomic E-state index is 12.2. The Kier molecular flexibility index (Phi) is 5.56. The number of nitrogens with zero attached hydrogens (tertiary/aromatic N) is 3. The molecule has 0 aromatic carbocycles. The lowest BCUT2D eigenvalue weighted by Crippen LogP contribution is -2.36. The van der Waals surface area contributed by atoms with Crippen molar-refractivity contribution in [2.24, 2.45) is 0 Å². The monoisotopic (exact) mass is 303 g/mol. The highest BCUT2D eigenvalue weighted by Gasteiger charge is 2.22. The smallest absolute Gasteiger partial charge is 0.288 e. The van der Waals surface area contributed by atoms with E-state index < -0.39 is 4.92 Å². The summed E-state index contributed by atoms with van der Waals surface area (Å²) in [4.78, 5) is 27.5. The van der Waals surface area contributed by atoms with E-state index in [1.165, 1.54) is 4.90 Å². The number of hydrogen-bond acceptors (Lipinski definition) is 5. The van der Waals surface area contributed by atoms with E-state index in [0.717, 1.165) is 18.0 Å². The molecule has 19 heavy (non-hydrogen) atoms. The Balaban J connectivity index is 3.04. The summed E-state index contributed by atoms with van der Waals surface area (Å²) in [7, 11) is 1.64. The van der Waals surface area contributed by atoms with Gasteiger partial charge in [-0.15, -0.1) is 0 Å². The third-order valence-electron chi connectivity index (χ3n) is 2.66. The Labute approximate surface area is 120 Å². The SMILES string of the molecule is CSCC(C)N(C)C(=O)c1cc([N+](=O)[O-])cnc1Cl. The van der Waals surface area contributed by atoms with Crippen molar-refractivity contribution in [1.29, 1.82) is 0 Å². The zero-order valence-corrected chi connectivity index (χ0v) is 12.4. The van der Waals surface area contributed by atoms with Crippen LogP contribution in [-0.2, 0) is 0 Å². The van der Waals surface area contributed by atoms with E-state index in [2.05, 4.69) is 4.98 Å². The van der Waals surface area contributed by atoms with Crippen molar-refractivity contribution in [3.05, 3.63) is 33.1 Å². The Morgan fingerprint density at radius 3 is 2.84 bits per heavy atom. The summed E-state index contributed by atoms with van der Waals surface area (Å²) in [6, 6.07) is 1.15. The molecule has 1 aromatic heterocycles. The van der Waals surface area contributed by atoms with E-state index >= 15 is 0 Å². The summed E-state index contributed by atoms with van der Waals surface area (Å²) in [6.07, 6.45) is 2.97. The number of aromatic nitrogens is 1. The number of rotatable bonds is 5. The van der Waals surface area contributed by atoms with Crippen molar-refractivity contribution in [3.8, 4) is 0 Å². The van der Waals surface area contributed by atoms with Crippen molar-refractivity contribution in [1.82, 2.24) is 9.88 Å². The molecule has 1 atom stereocenters. The summed E-state index contributed by atoms with van der Waals surface area (Å²) in [5, 5.41) is 10.7. The average Bonchev–Trinajstić information content (AvgIpc) is 2.37. The molecule has 104 valence electrons. The van der Waals surface area contributed by atoms with Crippen LogP contribution in [0.2, 0.25) is 5.15 Å². The molecule has 1 rings (SSSR count). The van der Waals surface area contributed by atoms with Crippen LogP contribution in [-0.4, -0.2) is 45.8 Å². The molecule has 0 aliphatic carbocycles. The fraction of sp³-hybridized carbons (Fsp3) is 0.455. The molecule has 1 amide bonds. The van der Waals surface area contributed by atoms with Crippen LogP contribution < -0.4 is 0 Å². The molecular formula is C11H14ClN3O3S. The quantitative estimate of drug-likeness (QED) is 0.474. The summed E-state index contributed by atoms with van der Waals surface area (Å²) in [6.45, 7) is 1.90. The molecule has 1 aromatic rings.